The van der Waals surface area contributed by atoms with Crippen molar-refractivity contribution in [2.45, 2.75) is 31.9 Å². The highest BCUT2D eigenvalue weighted by Gasteiger charge is 2.28. The quantitative estimate of drug-likeness (QED) is 0.748. The molecular weight excluding hydrogens is 255 g/mol. The number of rotatable bonds is 6. The fraction of sp³-hybridized carbons (Fsp3) is 0.462. The van der Waals surface area contributed by atoms with Crippen molar-refractivity contribution >= 4 is 15.6 Å². The lowest BCUT2D eigenvalue weighted by Crippen LogP contribution is -2.29. The predicted molar refractivity (Wildman–Crippen MR) is 68.9 cm³/mol. The topological polar surface area (TPSA) is 51.2 Å². The van der Waals surface area contributed by atoms with Crippen LogP contribution in [0.2, 0.25) is 0 Å². The molecule has 0 aliphatic rings. The highest BCUT2D eigenvalue weighted by Crippen LogP contribution is 2.13. The van der Waals surface area contributed by atoms with Crippen molar-refractivity contribution in [2.75, 3.05) is 5.75 Å². The summed E-state index contributed by atoms with van der Waals surface area (Å²) in [7, 11) is -3.42. The Hall–Kier alpha value is -1.23. The molecule has 0 fully saturated rings. The molecule has 100 valence electrons. The van der Waals surface area contributed by atoms with E-state index in [9.17, 15) is 17.6 Å². The summed E-state index contributed by atoms with van der Waals surface area (Å²) in [5.74, 6) is -0.920. The van der Waals surface area contributed by atoms with E-state index in [1.165, 1.54) is 19.1 Å². The average molecular weight is 272 g/mol. The maximum Gasteiger partial charge on any atom is 0.180 e. The Morgan fingerprint density at radius 2 is 1.83 bits per heavy atom. The summed E-state index contributed by atoms with van der Waals surface area (Å²) in [6.45, 7) is 3.28. The molecule has 0 aliphatic heterocycles. The van der Waals surface area contributed by atoms with Crippen LogP contribution in [0.3, 0.4) is 0 Å². The third-order valence-corrected chi connectivity index (χ3v) is 4.97. The van der Waals surface area contributed by atoms with E-state index < -0.39 is 26.7 Å². The molecule has 3 nitrogen and oxygen atoms in total. The molecule has 18 heavy (non-hydrogen) atoms. The van der Waals surface area contributed by atoms with Gasteiger partial charge in [-0.15, -0.1) is 0 Å². The Morgan fingerprint density at radius 1 is 1.28 bits per heavy atom. The molecular formula is C13H17FO3S. The highest BCUT2D eigenvalue weighted by atomic mass is 32.2. The number of halogens is 1. The SMILES string of the molecule is CCCCS(=O)(=O)C(C)C(=O)c1ccc(F)cc1. The van der Waals surface area contributed by atoms with Crippen molar-refractivity contribution in [1.82, 2.24) is 0 Å². The molecule has 1 atom stereocenters. The number of carbonyl (C=O) groups is 1. The number of hydrogen-bond donors (Lipinski definition) is 0. The van der Waals surface area contributed by atoms with Crippen LogP contribution in [0.25, 0.3) is 0 Å². The fourth-order valence-corrected chi connectivity index (χ4v) is 3.04. The van der Waals surface area contributed by atoms with Crippen molar-refractivity contribution in [3.8, 4) is 0 Å². The minimum atomic E-state index is -3.42. The largest absolute Gasteiger partial charge is 0.293 e. The number of sulfone groups is 1. The Balaban J connectivity index is 2.87. The van der Waals surface area contributed by atoms with Crippen LogP contribution in [-0.4, -0.2) is 25.2 Å². The zero-order chi connectivity index (χ0) is 13.8. The molecule has 0 saturated heterocycles. The first-order chi connectivity index (χ1) is 8.38. The number of benzene rings is 1. The zero-order valence-electron chi connectivity index (χ0n) is 10.5. The van der Waals surface area contributed by atoms with Crippen LogP contribution in [-0.2, 0) is 9.84 Å². The van der Waals surface area contributed by atoms with Crippen molar-refractivity contribution < 1.29 is 17.6 Å². The van der Waals surface area contributed by atoms with Gasteiger partial charge in [-0.2, -0.15) is 0 Å². The normalized spacial score (nSPS) is 13.3. The van der Waals surface area contributed by atoms with E-state index in [1.54, 1.807) is 0 Å². The monoisotopic (exact) mass is 272 g/mol. The number of carbonyl (C=O) groups excluding carboxylic acids is 1. The molecule has 5 heteroatoms. The second kappa shape index (κ2) is 6.09. The van der Waals surface area contributed by atoms with Gasteiger partial charge in [-0.25, -0.2) is 12.8 Å². The molecule has 0 N–H and O–H groups in total. The molecule has 0 aliphatic carbocycles. The Bertz CT molecular complexity index is 506. The van der Waals surface area contributed by atoms with E-state index in [0.717, 1.165) is 18.6 Å². The Labute approximate surface area is 107 Å². The van der Waals surface area contributed by atoms with Gasteiger partial charge in [0.25, 0.3) is 0 Å². The first-order valence-electron chi connectivity index (χ1n) is 5.90. The summed E-state index contributed by atoms with van der Waals surface area (Å²) < 4.78 is 36.5. The third-order valence-electron chi connectivity index (χ3n) is 2.82. The van der Waals surface area contributed by atoms with Gasteiger partial charge in [0, 0.05) is 5.56 Å². The summed E-state index contributed by atoms with van der Waals surface area (Å²) in [4.78, 5) is 12.0. The number of hydrogen-bond acceptors (Lipinski definition) is 3. The first kappa shape index (κ1) is 14.8. The second-order valence-electron chi connectivity index (χ2n) is 4.23. The molecule has 0 saturated carbocycles. The van der Waals surface area contributed by atoms with Crippen molar-refractivity contribution in [3.63, 3.8) is 0 Å². The molecule has 1 rings (SSSR count). The molecule has 0 spiro atoms. The van der Waals surface area contributed by atoms with Crippen LogP contribution in [0.1, 0.15) is 37.0 Å². The summed E-state index contributed by atoms with van der Waals surface area (Å²) in [5.41, 5.74) is 0.226. The van der Waals surface area contributed by atoms with E-state index >= 15 is 0 Å². The standard InChI is InChI=1S/C13H17FO3S/c1-3-4-9-18(16,17)10(2)13(15)11-5-7-12(14)8-6-11/h5-8,10H,3-4,9H2,1-2H3. The predicted octanol–water partition coefficient (Wildman–Crippen LogP) is 2.61. The van der Waals surface area contributed by atoms with Gasteiger partial charge in [0.1, 0.15) is 11.1 Å². The van der Waals surface area contributed by atoms with E-state index in [2.05, 4.69) is 0 Å². The van der Waals surface area contributed by atoms with Gasteiger partial charge < -0.3 is 0 Å². The van der Waals surface area contributed by atoms with Gasteiger partial charge in [-0.05, 0) is 37.6 Å². The van der Waals surface area contributed by atoms with Crippen LogP contribution in [0.15, 0.2) is 24.3 Å². The summed E-state index contributed by atoms with van der Waals surface area (Å²) >= 11 is 0. The molecule has 1 unspecified atom stereocenters. The van der Waals surface area contributed by atoms with E-state index in [0.29, 0.717) is 6.42 Å². The van der Waals surface area contributed by atoms with Gasteiger partial charge in [-0.3, -0.25) is 4.79 Å². The molecule has 0 radical (unpaired) electrons. The fourth-order valence-electron chi connectivity index (χ4n) is 1.53. The smallest absolute Gasteiger partial charge is 0.180 e. The lowest BCUT2D eigenvalue weighted by molar-refractivity contribution is 0.0991. The van der Waals surface area contributed by atoms with Crippen molar-refractivity contribution in [2.24, 2.45) is 0 Å². The summed E-state index contributed by atoms with van der Waals surface area (Å²) in [6.07, 6.45) is 1.31. The van der Waals surface area contributed by atoms with Crippen LogP contribution < -0.4 is 0 Å². The zero-order valence-corrected chi connectivity index (χ0v) is 11.3. The number of unbranched alkanes of at least 4 members (excludes halogenated alkanes) is 1. The lowest BCUT2D eigenvalue weighted by Gasteiger charge is -2.11. The van der Waals surface area contributed by atoms with Gasteiger partial charge in [0.15, 0.2) is 15.6 Å². The molecule has 0 aromatic heterocycles. The molecule has 1 aromatic rings. The number of Topliss-reactive ketones (excluding diaryl/α,β-unsaturated/α-hetero) is 1. The molecule has 0 bridgehead atoms. The van der Waals surface area contributed by atoms with Gasteiger partial charge >= 0.3 is 0 Å². The van der Waals surface area contributed by atoms with Crippen LogP contribution in [0.5, 0.6) is 0 Å². The van der Waals surface area contributed by atoms with E-state index in [1.807, 2.05) is 6.92 Å². The minimum Gasteiger partial charge on any atom is -0.293 e. The Morgan fingerprint density at radius 3 is 2.33 bits per heavy atom. The summed E-state index contributed by atoms with van der Waals surface area (Å²) in [6, 6.07) is 4.92. The first-order valence-corrected chi connectivity index (χ1v) is 7.61. The molecule has 0 heterocycles. The van der Waals surface area contributed by atoms with E-state index in [4.69, 9.17) is 0 Å². The van der Waals surface area contributed by atoms with Gasteiger partial charge in [0.2, 0.25) is 0 Å². The lowest BCUT2D eigenvalue weighted by atomic mass is 10.1. The molecule has 0 amide bonds. The number of ketones is 1. The maximum atomic E-state index is 12.7. The van der Waals surface area contributed by atoms with Crippen LogP contribution in [0.4, 0.5) is 4.39 Å². The van der Waals surface area contributed by atoms with Crippen LogP contribution >= 0.6 is 0 Å². The summed E-state index contributed by atoms with van der Waals surface area (Å²) in [5, 5.41) is -1.07. The van der Waals surface area contributed by atoms with Gasteiger partial charge in [-0.1, -0.05) is 13.3 Å². The average Bonchev–Trinajstić information content (AvgIpc) is 2.35. The minimum absolute atomic E-state index is 0.0115. The van der Waals surface area contributed by atoms with Crippen LogP contribution in [0, 0.1) is 5.82 Å². The van der Waals surface area contributed by atoms with Gasteiger partial charge in [0.05, 0.1) is 5.75 Å². The third kappa shape index (κ3) is 3.63. The molecule has 1 aromatic carbocycles. The van der Waals surface area contributed by atoms with Crippen molar-refractivity contribution in [3.05, 3.63) is 35.6 Å². The Kier molecular flexibility index (Phi) is 5.02. The maximum absolute atomic E-state index is 12.7. The second-order valence-corrected chi connectivity index (χ2v) is 6.67. The highest BCUT2D eigenvalue weighted by molar-refractivity contribution is 7.92. The van der Waals surface area contributed by atoms with Crippen molar-refractivity contribution in [1.29, 1.82) is 0 Å². The van der Waals surface area contributed by atoms with E-state index in [-0.39, 0.29) is 11.3 Å².